The molecular formula is C27H33FN4O5S. The number of ether oxygens (including phenoxy) is 3. The van der Waals surface area contributed by atoms with Crippen molar-refractivity contribution in [3.63, 3.8) is 0 Å². The lowest BCUT2D eigenvalue weighted by atomic mass is 10.0. The SMILES string of the molecule is COC(C)CC(C)Nc1cc(-c2c(-c3ccc(F)cc3)nc(S/C=C\C(=O)O)n2CC(OC)OC)ccn1. The van der Waals surface area contributed by atoms with Gasteiger partial charge >= 0.3 is 5.97 Å². The van der Waals surface area contributed by atoms with Crippen molar-refractivity contribution in [2.24, 2.45) is 0 Å². The average Bonchev–Trinajstić information content (AvgIpc) is 3.25. The van der Waals surface area contributed by atoms with E-state index in [1.807, 2.05) is 23.6 Å². The van der Waals surface area contributed by atoms with Crippen LogP contribution in [0.4, 0.5) is 10.2 Å². The van der Waals surface area contributed by atoms with Crippen molar-refractivity contribution in [2.75, 3.05) is 26.6 Å². The Bertz CT molecular complexity index is 1230. The molecule has 0 spiro atoms. The summed E-state index contributed by atoms with van der Waals surface area (Å²) in [6, 6.07) is 9.96. The second-order valence-corrected chi connectivity index (χ2v) is 9.50. The summed E-state index contributed by atoms with van der Waals surface area (Å²) in [5, 5.41) is 14.5. The van der Waals surface area contributed by atoms with Crippen LogP contribution in [0.2, 0.25) is 0 Å². The normalized spacial score (nSPS) is 13.2. The van der Waals surface area contributed by atoms with E-state index in [1.54, 1.807) is 39.7 Å². The average molecular weight is 545 g/mol. The molecule has 0 radical (unpaired) electrons. The first kappa shape index (κ1) is 29.3. The minimum absolute atomic E-state index is 0.0886. The van der Waals surface area contributed by atoms with Crippen LogP contribution in [0.1, 0.15) is 20.3 Å². The highest BCUT2D eigenvalue weighted by Crippen LogP contribution is 2.37. The maximum atomic E-state index is 13.8. The van der Waals surface area contributed by atoms with Gasteiger partial charge < -0.3 is 29.2 Å². The Morgan fingerprint density at radius 1 is 1.13 bits per heavy atom. The summed E-state index contributed by atoms with van der Waals surface area (Å²) in [7, 11) is 4.77. The van der Waals surface area contributed by atoms with Gasteiger partial charge in [-0.25, -0.2) is 19.2 Å². The van der Waals surface area contributed by atoms with Crippen molar-refractivity contribution in [3.05, 3.63) is 59.9 Å². The summed E-state index contributed by atoms with van der Waals surface area (Å²) >= 11 is 1.15. The lowest BCUT2D eigenvalue weighted by Crippen LogP contribution is -2.22. The summed E-state index contributed by atoms with van der Waals surface area (Å²) in [5.41, 5.74) is 2.83. The molecule has 0 fully saturated rings. The van der Waals surface area contributed by atoms with Crippen LogP contribution < -0.4 is 5.32 Å². The number of halogens is 1. The van der Waals surface area contributed by atoms with Gasteiger partial charge in [-0.05, 0) is 62.1 Å². The van der Waals surface area contributed by atoms with E-state index in [-0.39, 0.29) is 24.5 Å². The Morgan fingerprint density at radius 2 is 1.84 bits per heavy atom. The zero-order valence-corrected chi connectivity index (χ0v) is 22.9. The zero-order valence-electron chi connectivity index (χ0n) is 22.1. The molecule has 3 aromatic rings. The molecule has 0 saturated carbocycles. The summed E-state index contributed by atoms with van der Waals surface area (Å²) in [4.78, 5) is 20.4. The number of methoxy groups -OCH3 is 3. The molecule has 3 rings (SSSR count). The Hall–Kier alpha value is -3.25. The van der Waals surface area contributed by atoms with E-state index in [1.165, 1.54) is 17.5 Å². The molecule has 0 saturated heterocycles. The van der Waals surface area contributed by atoms with E-state index in [9.17, 15) is 9.18 Å². The van der Waals surface area contributed by atoms with Gasteiger partial charge in [0.25, 0.3) is 0 Å². The molecule has 2 atom stereocenters. The van der Waals surface area contributed by atoms with Gasteiger partial charge in [0, 0.05) is 50.8 Å². The predicted molar refractivity (Wildman–Crippen MR) is 145 cm³/mol. The fourth-order valence-electron chi connectivity index (χ4n) is 3.90. The molecule has 0 aliphatic carbocycles. The van der Waals surface area contributed by atoms with Crippen molar-refractivity contribution in [3.8, 4) is 22.5 Å². The second-order valence-electron chi connectivity index (χ2n) is 8.63. The fraction of sp³-hybridized carbons (Fsp3) is 0.370. The molecule has 204 valence electrons. The van der Waals surface area contributed by atoms with Crippen molar-refractivity contribution in [1.29, 1.82) is 0 Å². The Balaban J connectivity index is 2.15. The number of hydrogen-bond donors (Lipinski definition) is 2. The number of nitrogens with one attached hydrogen (secondary N) is 1. The Morgan fingerprint density at radius 3 is 2.47 bits per heavy atom. The molecule has 0 aliphatic rings. The lowest BCUT2D eigenvalue weighted by Gasteiger charge is -2.20. The van der Waals surface area contributed by atoms with Crippen molar-refractivity contribution in [1.82, 2.24) is 14.5 Å². The van der Waals surface area contributed by atoms with Crippen LogP contribution in [0.15, 0.2) is 59.2 Å². The lowest BCUT2D eigenvalue weighted by molar-refractivity contribution is -0.131. The zero-order chi connectivity index (χ0) is 27.7. The number of benzene rings is 1. The number of aliphatic carboxylic acids is 1. The molecule has 2 aromatic heterocycles. The number of aromatic nitrogens is 3. The number of carboxylic acid groups (broad SMARTS) is 1. The summed E-state index contributed by atoms with van der Waals surface area (Å²) in [5.74, 6) is -0.753. The van der Waals surface area contributed by atoms with E-state index in [0.717, 1.165) is 35.5 Å². The number of nitrogens with zero attached hydrogens (tertiary/aromatic N) is 3. The van der Waals surface area contributed by atoms with Gasteiger partial charge in [0.2, 0.25) is 0 Å². The number of imidazole rings is 1. The van der Waals surface area contributed by atoms with E-state index in [2.05, 4.69) is 17.2 Å². The largest absolute Gasteiger partial charge is 0.478 e. The highest BCUT2D eigenvalue weighted by atomic mass is 32.2. The van der Waals surface area contributed by atoms with E-state index >= 15 is 0 Å². The van der Waals surface area contributed by atoms with Crippen LogP contribution >= 0.6 is 11.8 Å². The van der Waals surface area contributed by atoms with Crippen molar-refractivity contribution >= 4 is 23.5 Å². The topological polar surface area (TPSA) is 108 Å². The highest BCUT2D eigenvalue weighted by molar-refractivity contribution is 8.02. The fourth-order valence-corrected chi connectivity index (χ4v) is 4.65. The molecular weight excluding hydrogens is 511 g/mol. The molecule has 38 heavy (non-hydrogen) atoms. The van der Waals surface area contributed by atoms with Gasteiger partial charge in [-0.2, -0.15) is 0 Å². The van der Waals surface area contributed by atoms with E-state index in [0.29, 0.717) is 22.2 Å². The number of carboxylic acids is 1. The van der Waals surface area contributed by atoms with E-state index in [4.69, 9.17) is 24.3 Å². The van der Waals surface area contributed by atoms with Crippen molar-refractivity contribution < 1.29 is 28.5 Å². The Kier molecular flexibility index (Phi) is 10.8. The molecule has 2 N–H and O–H groups in total. The maximum Gasteiger partial charge on any atom is 0.328 e. The summed E-state index contributed by atoms with van der Waals surface area (Å²) in [6.45, 7) is 4.34. The minimum atomic E-state index is -1.07. The molecule has 0 aliphatic heterocycles. The number of thioether (sulfide) groups is 1. The van der Waals surface area contributed by atoms with Crippen LogP contribution in [0.3, 0.4) is 0 Å². The molecule has 0 bridgehead atoms. The number of carbonyl (C=O) groups is 1. The Labute approximate surface area is 226 Å². The minimum Gasteiger partial charge on any atom is -0.478 e. The van der Waals surface area contributed by atoms with Gasteiger partial charge in [0.1, 0.15) is 11.6 Å². The highest BCUT2D eigenvalue weighted by Gasteiger charge is 2.23. The van der Waals surface area contributed by atoms with Crippen LogP contribution in [-0.2, 0) is 25.5 Å². The van der Waals surface area contributed by atoms with Gasteiger partial charge in [-0.15, -0.1) is 0 Å². The van der Waals surface area contributed by atoms with Crippen molar-refractivity contribution in [2.45, 2.75) is 50.4 Å². The standard InChI is InChI=1S/C27H33FN4O5S/c1-17(14-18(2)35-3)30-22-15-20(10-12-29-22)26-25(19-6-8-21(28)9-7-19)31-27(38-13-11-23(33)34)32(26)16-24(36-4)37-5/h6-13,15,17-18,24H,14,16H2,1-5H3,(H,29,30)(H,33,34)/b13-11-. The molecule has 1 aromatic carbocycles. The first-order valence-corrected chi connectivity index (χ1v) is 12.9. The molecule has 2 heterocycles. The van der Waals surface area contributed by atoms with Gasteiger partial charge in [-0.1, -0.05) is 11.8 Å². The number of rotatable bonds is 14. The first-order valence-electron chi connectivity index (χ1n) is 12.0. The number of hydrogen-bond acceptors (Lipinski definition) is 8. The smallest absolute Gasteiger partial charge is 0.328 e. The van der Waals surface area contributed by atoms with Crippen LogP contribution in [-0.4, -0.2) is 65.4 Å². The van der Waals surface area contributed by atoms with Crippen LogP contribution in [0.5, 0.6) is 0 Å². The van der Waals surface area contributed by atoms with Gasteiger partial charge in [0.15, 0.2) is 11.4 Å². The molecule has 2 unspecified atom stereocenters. The number of anilines is 1. The summed E-state index contributed by atoms with van der Waals surface area (Å²) < 4.78 is 32.0. The quantitative estimate of drug-likeness (QED) is 0.159. The molecule has 11 heteroatoms. The predicted octanol–water partition coefficient (Wildman–Crippen LogP) is 5.29. The monoisotopic (exact) mass is 544 g/mol. The second kappa shape index (κ2) is 14.1. The third-order valence-electron chi connectivity index (χ3n) is 5.81. The third kappa shape index (κ3) is 7.87. The van der Waals surface area contributed by atoms with Crippen LogP contribution in [0.25, 0.3) is 22.5 Å². The number of pyridine rings is 1. The molecule has 0 amide bonds. The van der Waals surface area contributed by atoms with E-state index < -0.39 is 12.3 Å². The molecule has 9 nitrogen and oxygen atoms in total. The first-order chi connectivity index (χ1) is 18.2. The maximum absolute atomic E-state index is 13.8. The van der Waals surface area contributed by atoms with Gasteiger partial charge in [-0.3, -0.25) is 0 Å². The third-order valence-corrected chi connectivity index (χ3v) is 6.60. The van der Waals surface area contributed by atoms with Crippen LogP contribution in [0, 0.1) is 5.82 Å². The van der Waals surface area contributed by atoms with Gasteiger partial charge in [0.05, 0.1) is 24.0 Å². The summed E-state index contributed by atoms with van der Waals surface area (Å²) in [6.07, 6.45) is 3.04.